The minimum atomic E-state index is -0.513. The predicted molar refractivity (Wildman–Crippen MR) is 62.3 cm³/mol. The Kier molecular flexibility index (Phi) is 4.22. The second kappa shape index (κ2) is 5.88. The first-order valence-electron chi connectivity index (χ1n) is 5.78. The molecule has 1 aromatic heterocycles. The summed E-state index contributed by atoms with van der Waals surface area (Å²) in [7, 11) is 0. The first-order chi connectivity index (χ1) is 8.24. The lowest BCUT2D eigenvalue weighted by atomic mass is 10.3. The predicted octanol–water partition coefficient (Wildman–Crippen LogP) is 0.748. The summed E-state index contributed by atoms with van der Waals surface area (Å²) < 4.78 is 18.1. The van der Waals surface area contributed by atoms with Gasteiger partial charge in [-0.05, 0) is 6.92 Å². The van der Waals surface area contributed by atoms with Gasteiger partial charge < -0.3 is 10.1 Å². The van der Waals surface area contributed by atoms with Crippen molar-refractivity contribution in [3.05, 3.63) is 18.3 Å². The van der Waals surface area contributed by atoms with Gasteiger partial charge >= 0.3 is 0 Å². The fraction of sp³-hybridized carbons (Fsp3) is 0.636. The zero-order chi connectivity index (χ0) is 12.1. The standard InChI is InChI=1S/C11H17FN4O/c1-9(7-16-2-4-17-5-3-16)15-11-6-10(12)13-8-14-11/h6,8-9H,2-5,7H2,1H3,(H,13,14,15). The van der Waals surface area contributed by atoms with E-state index < -0.39 is 5.95 Å². The molecule has 2 rings (SSSR count). The molecule has 0 spiro atoms. The Labute approximate surface area is 100 Å². The van der Waals surface area contributed by atoms with Crippen molar-refractivity contribution < 1.29 is 9.13 Å². The monoisotopic (exact) mass is 240 g/mol. The highest BCUT2D eigenvalue weighted by Gasteiger charge is 2.13. The number of hydrogen-bond donors (Lipinski definition) is 1. The number of nitrogens with one attached hydrogen (secondary N) is 1. The van der Waals surface area contributed by atoms with Gasteiger partial charge in [-0.25, -0.2) is 9.97 Å². The summed E-state index contributed by atoms with van der Waals surface area (Å²) in [4.78, 5) is 9.70. The van der Waals surface area contributed by atoms with Crippen LogP contribution in [0.1, 0.15) is 6.92 Å². The first kappa shape index (κ1) is 12.2. The van der Waals surface area contributed by atoms with Gasteiger partial charge in [0.15, 0.2) is 0 Å². The molecule has 6 heteroatoms. The Morgan fingerprint density at radius 3 is 2.94 bits per heavy atom. The smallest absolute Gasteiger partial charge is 0.217 e. The van der Waals surface area contributed by atoms with Gasteiger partial charge in [0.05, 0.1) is 13.2 Å². The maximum absolute atomic E-state index is 12.9. The Morgan fingerprint density at radius 1 is 1.47 bits per heavy atom. The molecule has 2 heterocycles. The Hall–Kier alpha value is -1.27. The second-order valence-electron chi connectivity index (χ2n) is 4.18. The van der Waals surface area contributed by atoms with E-state index in [-0.39, 0.29) is 6.04 Å². The van der Waals surface area contributed by atoms with Crippen molar-refractivity contribution in [2.45, 2.75) is 13.0 Å². The summed E-state index contributed by atoms with van der Waals surface area (Å²) in [5.74, 6) is 0.0133. The average molecular weight is 240 g/mol. The van der Waals surface area contributed by atoms with E-state index in [1.165, 1.54) is 12.4 Å². The SMILES string of the molecule is CC(CN1CCOCC1)Nc1cc(F)ncn1. The lowest BCUT2D eigenvalue weighted by Gasteiger charge is -2.29. The molecule has 0 aromatic carbocycles. The number of rotatable bonds is 4. The Bertz CT molecular complexity index is 357. The quantitative estimate of drug-likeness (QED) is 0.787. The van der Waals surface area contributed by atoms with Crippen LogP contribution in [0.15, 0.2) is 12.4 Å². The lowest BCUT2D eigenvalue weighted by molar-refractivity contribution is 0.0368. The Balaban J connectivity index is 1.82. The van der Waals surface area contributed by atoms with Crippen molar-refractivity contribution in [2.75, 3.05) is 38.2 Å². The molecule has 1 fully saturated rings. The number of halogens is 1. The molecule has 5 nitrogen and oxygen atoms in total. The highest BCUT2D eigenvalue weighted by Crippen LogP contribution is 2.06. The number of aromatic nitrogens is 2. The van der Waals surface area contributed by atoms with E-state index in [9.17, 15) is 4.39 Å². The third-order valence-electron chi connectivity index (χ3n) is 2.66. The maximum atomic E-state index is 12.9. The van der Waals surface area contributed by atoms with Crippen molar-refractivity contribution in [3.63, 3.8) is 0 Å². The number of ether oxygens (including phenoxy) is 1. The van der Waals surface area contributed by atoms with Gasteiger partial charge in [-0.1, -0.05) is 0 Å². The lowest BCUT2D eigenvalue weighted by Crippen LogP contribution is -2.42. The number of morpholine rings is 1. The highest BCUT2D eigenvalue weighted by atomic mass is 19.1. The normalized spacial score (nSPS) is 18.9. The molecule has 0 amide bonds. The van der Waals surface area contributed by atoms with Gasteiger partial charge in [0.1, 0.15) is 12.1 Å². The molecule has 0 saturated carbocycles. The van der Waals surface area contributed by atoms with Crippen LogP contribution < -0.4 is 5.32 Å². The van der Waals surface area contributed by atoms with E-state index in [4.69, 9.17) is 4.74 Å². The van der Waals surface area contributed by atoms with Crippen LogP contribution >= 0.6 is 0 Å². The summed E-state index contributed by atoms with van der Waals surface area (Å²) >= 11 is 0. The molecule has 1 unspecified atom stereocenters. The van der Waals surface area contributed by atoms with Crippen LogP contribution in [0, 0.1) is 5.95 Å². The van der Waals surface area contributed by atoms with Gasteiger partial charge in [0.2, 0.25) is 5.95 Å². The van der Waals surface area contributed by atoms with Gasteiger partial charge in [0, 0.05) is 31.7 Å². The van der Waals surface area contributed by atoms with Crippen molar-refractivity contribution in [1.82, 2.24) is 14.9 Å². The molecule has 1 N–H and O–H groups in total. The van der Waals surface area contributed by atoms with Crippen LogP contribution in [-0.2, 0) is 4.74 Å². The van der Waals surface area contributed by atoms with Crippen molar-refractivity contribution in [2.24, 2.45) is 0 Å². The van der Waals surface area contributed by atoms with Crippen molar-refractivity contribution in [3.8, 4) is 0 Å². The molecule has 1 aromatic rings. The molecule has 0 radical (unpaired) electrons. The van der Waals surface area contributed by atoms with Gasteiger partial charge in [-0.3, -0.25) is 4.90 Å². The van der Waals surface area contributed by atoms with Crippen LogP contribution in [0.2, 0.25) is 0 Å². The molecule has 0 bridgehead atoms. The third-order valence-corrected chi connectivity index (χ3v) is 2.66. The fourth-order valence-electron chi connectivity index (χ4n) is 1.88. The third kappa shape index (κ3) is 3.90. The first-order valence-corrected chi connectivity index (χ1v) is 5.78. The number of nitrogens with zero attached hydrogens (tertiary/aromatic N) is 3. The van der Waals surface area contributed by atoms with Crippen LogP contribution in [0.3, 0.4) is 0 Å². The number of anilines is 1. The van der Waals surface area contributed by atoms with Crippen LogP contribution in [0.5, 0.6) is 0 Å². The summed E-state index contributed by atoms with van der Waals surface area (Å²) in [6, 6.07) is 1.51. The second-order valence-corrected chi connectivity index (χ2v) is 4.18. The van der Waals surface area contributed by atoms with Crippen LogP contribution in [-0.4, -0.2) is 53.8 Å². The average Bonchev–Trinajstić information content (AvgIpc) is 2.30. The van der Waals surface area contributed by atoms with Crippen molar-refractivity contribution >= 4 is 5.82 Å². The van der Waals surface area contributed by atoms with Gasteiger partial charge in [0.25, 0.3) is 0 Å². The summed E-state index contributed by atoms with van der Waals surface area (Å²) in [6.45, 7) is 6.42. The van der Waals surface area contributed by atoms with Gasteiger partial charge in [-0.15, -0.1) is 0 Å². The molecule has 1 aliphatic heterocycles. The minimum Gasteiger partial charge on any atom is -0.379 e. The van der Waals surface area contributed by atoms with E-state index in [1.807, 2.05) is 0 Å². The van der Waals surface area contributed by atoms with Crippen molar-refractivity contribution in [1.29, 1.82) is 0 Å². The van der Waals surface area contributed by atoms with E-state index in [2.05, 4.69) is 27.1 Å². The molecule has 1 atom stereocenters. The van der Waals surface area contributed by atoms with E-state index in [1.54, 1.807) is 0 Å². The summed E-state index contributed by atoms with van der Waals surface area (Å²) in [6.07, 6.45) is 1.22. The van der Waals surface area contributed by atoms with E-state index in [0.717, 1.165) is 32.8 Å². The highest BCUT2D eigenvalue weighted by molar-refractivity contribution is 5.33. The maximum Gasteiger partial charge on any atom is 0.217 e. The molecule has 1 aliphatic rings. The zero-order valence-corrected chi connectivity index (χ0v) is 9.90. The van der Waals surface area contributed by atoms with E-state index >= 15 is 0 Å². The fourth-order valence-corrected chi connectivity index (χ4v) is 1.88. The molecule has 94 valence electrons. The van der Waals surface area contributed by atoms with E-state index in [0.29, 0.717) is 5.82 Å². The molecule has 0 aliphatic carbocycles. The largest absolute Gasteiger partial charge is 0.379 e. The molecule has 17 heavy (non-hydrogen) atoms. The van der Waals surface area contributed by atoms with Crippen LogP contribution in [0.4, 0.5) is 10.2 Å². The zero-order valence-electron chi connectivity index (χ0n) is 9.90. The minimum absolute atomic E-state index is 0.211. The topological polar surface area (TPSA) is 50.3 Å². The summed E-state index contributed by atoms with van der Waals surface area (Å²) in [5.41, 5.74) is 0. The molecule has 1 saturated heterocycles. The molecular weight excluding hydrogens is 223 g/mol. The molecular formula is C11H17FN4O. The van der Waals surface area contributed by atoms with Crippen LogP contribution in [0.25, 0.3) is 0 Å². The number of hydrogen-bond acceptors (Lipinski definition) is 5. The Morgan fingerprint density at radius 2 is 2.24 bits per heavy atom. The van der Waals surface area contributed by atoms with Gasteiger partial charge in [-0.2, -0.15) is 4.39 Å². The summed E-state index contributed by atoms with van der Waals surface area (Å²) in [5, 5.41) is 3.16.